The Labute approximate surface area is 162 Å². The summed E-state index contributed by atoms with van der Waals surface area (Å²) in [5.41, 5.74) is 2.96. The second-order valence-electron chi connectivity index (χ2n) is 6.88. The van der Waals surface area contributed by atoms with Gasteiger partial charge in [0.1, 0.15) is 0 Å². The van der Waals surface area contributed by atoms with Crippen molar-refractivity contribution in [3.05, 3.63) is 58.1 Å². The van der Waals surface area contributed by atoms with Gasteiger partial charge in [0.2, 0.25) is 5.82 Å². The Balaban J connectivity index is 1.42. The fraction of sp³-hybridized carbons (Fsp3) is 0.368. The van der Waals surface area contributed by atoms with Gasteiger partial charge in [0.05, 0.1) is 0 Å². The Morgan fingerprint density at radius 2 is 1.89 bits per heavy atom. The number of hydrogen-bond acceptors (Lipinski definition) is 5. The van der Waals surface area contributed by atoms with Crippen molar-refractivity contribution in [1.29, 1.82) is 0 Å². The third-order valence-corrected chi connectivity index (χ3v) is 5.00. The average molecular weight is 385 g/mol. The SMILES string of the molecule is Cc1cc(C)n2nc(C(=O)N3CCN(Cc4cccc(Cl)c4)CC3)nc2n1. The van der Waals surface area contributed by atoms with Crippen LogP contribution in [-0.4, -0.2) is 61.5 Å². The molecule has 8 heteroatoms. The monoisotopic (exact) mass is 384 g/mol. The summed E-state index contributed by atoms with van der Waals surface area (Å²) >= 11 is 6.06. The molecular formula is C19H21ClN6O. The molecule has 1 saturated heterocycles. The Morgan fingerprint density at radius 1 is 1.11 bits per heavy atom. The van der Waals surface area contributed by atoms with Crippen LogP contribution in [0, 0.1) is 13.8 Å². The molecule has 1 amide bonds. The number of benzene rings is 1. The van der Waals surface area contributed by atoms with E-state index < -0.39 is 0 Å². The van der Waals surface area contributed by atoms with E-state index in [2.05, 4.69) is 26.0 Å². The largest absolute Gasteiger partial charge is 0.333 e. The number of fused-ring (bicyclic) bond motifs is 1. The normalized spacial score (nSPS) is 15.4. The molecule has 0 spiro atoms. The highest BCUT2D eigenvalue weighted by Crippen LogP contribution is 2.15. The molecule has 27 heavy (non-hydrogen) atoms. The summed E-state index contributed by atoms with van der Waals surface area (Å²) in [6, 6.07) is 9.81. The van der Waals surface area contributed by atoms with Crippen molar-refractivity contribution in [3.8, 4) is 0 Å². The number of piperazine rings is 1. The summed E-state index contributed by atoms with van der Waals surface area (Å²) in [5, 5.41) is 5.10. The number of aryl methyl sites for hydroxylation is 2. The molecule has 4 rings (SSSR count). The van der Waals surface area contributed by atoms with Gasteiger partial charge in [-0.1, -0.05) is 23.7 Å². The first-order chi connectivity index (χ1) is 13.0. The molecule has 0 N–H and O–H groups in total. The van der Waals surface area contributed by atoms with E-state index >= 15 is 0 Å². The molecule has 0 saturated carbocycles. The van der Waals surface area contributed by atoms with Gasteiger partial charge in [-0.05, 0) is 37.6 Å². The smallest absolute Gasteiger partial charge is 0.293 e. The zero-order valence-corrected chi connectivity index (χ0v) is 16.1. The van der Waals surface area contributed by atoms with Crippen molar-refractivity contribution >= 4 is 23.3 Å². The van der Waals surface area contributed by atoms with Gasteiger partial charge in [-0.3, -0.25) is 9.69 Å². The number of hydrogen-bond donors (Lipinski definition) is 0. The maximum atomic E-state index is 12.8. The summed E-state index contributed by atoms with van der Waals surface area (Å²) in [6.07, 6.45) is 0. The lowest BCUT2D eigenvalue weighted by atomic mass is 10.2. The van der Waals surface area contributed by atoms with E-state index in [1.165, 1.54) is 5.56 Å². The van der Waals surface area contributed by atoms with Crippen molar-refractivity contribution in [3.63, 3.8) is 0 Å². The van der Waals surface area contributed by atoms with Crippen molar-refractivity contribution in [2.75, 3.05) is 26.2 Å². The Morgan fingerprint density at radius 3 is 2.63 bits per heavy atom. The van der Waals surface area contributed by atoms with Gasteiger partial charge in [-0.2, -0.15) is 4.98 Å². The highest BCUT2D eigenvalue weighted by atomic mass is 35.5. The van der Waals surface area contributed by atoms with Crippen molar-refractivity contribution in [2.45, 2.75) is 20.4 Å². The number of amides is 1. The predicted molar refractivity (Wildman–Crippen MR) is 103 cm³/mol. The third kappa shape index (κ3) is 3.79. The molecular weight excluding hydrogens is 364 g/mol. The molecule has 0 aliphatic carbocycles. The molecule has 140 valence electrons. The number of carbonyl (C=O) groups excluding carboxylic acids is 1. The van der Waals surface area contributed by atoms with Gasteiger partial charge in [0.25, 0.3) is 11.7 Å². The van der Waals surface area contributed by atoms with E-state index in [1.807, 2.05) is 43.0 Å². The number of nitrogens with zero attached hydrogens (tertiary/aromatic N) is 6. The first-order valence-electron chi connectivity index (χ1n) is 8.97. The van der Waals surface area contributed by atoms with Crippen LogP contribution in [0.5, 0.6) is 0 Å². The summed E-state index contributed by atoms with van der Waals surface area (Å²) in [4.78, 5) is 25.6. The van der Waals surface area contributed by atoms with Crippen LogP contribution in [0.2, 0.25) is 5.02 Å². The van der Waals surface area contributed by atoms with Crippen LogP contribution < -0.4 is 0 Å². The molecule has 0 radical (unpaired) electrons. The van der Waals surface area contributed by atoms with Crippen LogP contribution in [-0.2, 0) is 6.54 Å². The highest BCUT2D eigenvalue weighted by Gasteiger charge is 2.25. The van der Waals surface area contributed by atoms with Gasteiger partial charge < -0.3 is 4.90 Å². The summed E-state index contributed by atoms with van der Waals surface area (Å²) < 4.78 is 1.62. The number of aromatic nitrogens is 4. The van der Waals surface area contributed by atoms with E-state index in [-0.39, 0.29) is 11.7 Å². The van der Waals surface area contributed by atoms with E-state index in [1.54, 1.807) is 4.52 Å². The molecule has 7 nitrogen and oxygen atoms in total. The molecule has 1 aromatic carbocycles. The summed E-state index contributed by atoms with van der Waals surface area (Å²) in [7, 11) is 0. The number of carbonyl (C=O) groups is 1. The fourth-order valence-electron chi connectivity index (χ4n) is 3.40. The average Bonchev–Trinajstić information content (AvgIpc) is 3.06. The molecule has 2 aromatic heterocycles. The maximum absolute atomic E-state index is 12.8. The second-order valence-corrected chi connectivity index (χ2v) is 7.32. The second kappa shape index (κ2) is 7.25. The number of rotatable bonds is 3. The Bertz CT molecular complexity index is 993. The lowest BCUT2D eigenvalue weighted by molar-refractivity contribution is 0.0617. The zero-order chi connectivity index (χ0) is 19.0. The van der Waals surface area contributed by atoms with Crippen LogP contribution in [0.4, 0.5) is 0 Å². The topological polar surface area (TPSA) is 66.6 Å². The van der Waals surface area contributed by atoms with Gasteiger partial charge >= 0.3 is 0 Å². The predicted octanol–water partition coefficient (Wildman–Crippen LogP) is 2.35. The van der Waals surface area contributed by atoms with Gasteiger partial charge in [-0.15, -0.1) is 5.10 Å². The van der Waals surface area contributed by atoms with E-state index in [0.29, 0.717) is 18.9 Å². The van der Waals surface area contributed by atoms with Crippen LogP contribution in [0.3, 0.4) is 0 Å². The molecule has 1 aliphatic rings. The summed E-state index contributed by atoms with van der Waals surface area (Å²) in [5.74, 6) is 0.537. The Kier molecular flexibility index (Phi) is 4.80. The molecule has 1 fully saturated rings. The van der Waals surface area contributed by atoms with E-state index in [4.69, 9.17) is 11.6 Å². The van der Waals surface area contributed by atoms with Crippen molar-refractivity contribution < 1.29 is 4.79 Å². The molecule has 3 heterocycles. The van der Waals surface area contributed by atoms with Crippen LogP contribution in [0.25, 0.3) is 5.78 Å². The fourth-order valence-corrected chi connectivity index (χ4v) is 3.61. The molecule has 3 aromatic rings. The van der Waals surface area contributed by atoms with Crippen LogP contribution in [0.1, 0.15) is 27.6 Å². The van der Waals surface area contributed by atoms with Gasteiger partial charge in [0.15, 0.2) is 0 Å². The highest BCUT2D eigenvalue weighted by molar-refractivity contribution is 6.30. The summed E-state index contributed by atoms with van der Waals surface area (Å²) in [6.45, 7) is 7.59. The maximum Gasteiger partial charge on any atom is 0.293 e. The minimum absolute atomic E-state index is 0.139. The lowest BCUT2D eigenvalue weighted by Gasteiger charge is -2.34. The first kappa shape index (κ1) is 17.9. The number of halogens is 1. The molecule has 0 bridgehead atoms. The Hall–Kier alpha value is -2.51. The van der Waals surface area contributed by atoms with Gasteiger partial charge in [-0.25, -0.2) is 9.50 Å². The molecule has 0 unspecified atom stereocenters. The van der Waals surface area contributed by atoms with Crippen LogP contribution >= 0.6 is 11.6 Å². The van der Waals surface area contributed by atoms with E-state index in [0.717, 1.165) is 36.0 Å². The third-order valence-electron chi connectivity index (χ3n) is 4.76. The lowest BCUT2D eigenvalue weighted by Crippen LogP contribution is -2.48. The minimum atomic E-state index is -0.139. The molecule has 1 aliphatic heterocycles. The van der Waals surface area contributed by atoms with Crippen molar-refractivity contribution in [1.82, 2.24) is 29.4 Å². The molecule has 0 atom stereocenters. The standard InChI is InChI=1S/C19H21ClN6O/c1-13-10-14(2)26-19(21-13)22-17(23-26)18(27)25-8-6-24(7-9-25)12-15-4-3-5-16(20)11-15/h3-5,10-11H,6-9,12H2,1-2H3. The first-order valence-corrected chi connectivity index (χ1v) is 9.34. The van der Waals surface area contributed by atoms with Crippen LogP contribution in [0.15, 0.2) is 30.3 Å². The van der Waals surface area contributed by atoms with Gasteiger partial charge in [0, 0.05) is 49.1 Å². The minimum Gasteiger partial charge on any atom is -0.333 e. The van der Waals surface area contributed by atoms with E-state index in [9.17, 15) is 4.79 Å². The van der Waals surface area contributed by atoms with Crippen molar-refractivity contribution in [2.24, 2.45) is 0 Å². The zero-order valence-electron chi connectivity index (χ0n) is 15.4. The quantitative estimate of drug-likeness (QED) is 0.693.